The Bertz CT molecular complexity index is 359. The van der Waals surface area contributed by atoms with Gasteiger partial charge in [0.05, 0.1) is 13.7 Å². The van der Waals surface area contributed by atoms with Crippen LogP contribution >= 0.6 is 11.6 Å². The van der Waals surface area contributed by atoms with Gasteiger partial charge in [0.25, 0.3) is 0 Å². The molecule has 0 heterocycles. The first kappa shape index (κ1) is 12.6. The largest absolute Gasteiger partial charge is 0.493 e. The van der Waals surface area contributed by atoms with Gasteiger partial charge in [-0.05, 0) is 36.5 Å². The Morgan fingerprint density at radius 2 is 2.00 bits per heavy atom. The van der Waals surface area contributed by atoms with Crippen molar-refractivity contribution in [2.24, 2.45) is 5.92 Å². The van der Waals surface area contributed by atoms with Gasteiger partial charge in [-0.2, -0.15) is 0 Å². The maximum absolute atomic E-state index is 5.84. The molecular weight excluding hydrogens is 236 g/mol. The highest BCUT2D eigenvalue weighted by Crippen LogP contribution is 2.31. The molecule has 0 saturated heterocycles. The lowest BCUT2D eigenvalue weighted by Crippen LogP contribution is -2.08. The Kier molecular flexibility index (Phi) is 4.55. The summed E-state index contributed by atoms with van der Waals surface area (Å²) in [6, 6.07) is 5.88. The van der Waals surface area contributed by atoms with Crippen LogP contribution in [0.1, 0.15) is 31.2 Å². The van der Waals surface area contributed by atoms with Gasteiger partial charge in [0, 0.05) is 5.88 Å². The van der Waals surface area contributed by atoms with Crippen LogP contribution in [0.3, 0.4) is 0 Å². The third-order valence-corrected chi connectivity index (χ3v) is 3.64. The first-order valence-corrected chi connectivity index (χ1v) is 6.72. The van der Waals surface area contributed by atoms with E-state index in [0.29, 0.717) is 11.8 Å². The Morgan fingerprint density at radius 3 is 2.65 bits per heavy atom. The Labute approximate surface area is 108 Å². The average molecular weight is 255 g/mol. The molecule has 1 aromatic carbocycles. The van der Waals surface area contributed by atoms with E-state index in [1.807, 2.05) is 18.2 Å². The van der Waals surface area contributed by atoms with E-state index in [0.717, 1.165) is 23.7 Å². The molecule has 1 aromatic rings. The SMILES string of the molecule is COc1cc(CCl)ccc1OCC1CCCC1. The van der Waals surface area contributed by atoms with E-state index < -0.39 is 0 Å². The van der Waals surface area contributed by atoms with Crippen molar-refractivity contribution in [2.45, 2.75) is 31.6 Å². The van der Waals surface area contributed by atoms with Crippen LogP contribution in [0.2, 0.25) is 0 Å². The molecule has 0 spiro atoms. The number of methoxy groups -OCH3 is 1. The number of alkyl halides is 1. The van der Waals surface area contributed by atoms with Crippen LogP contribution in [0.5, 0.6) is 11.5 Å². The highest BCUT2D eigenvalue weighted by molar-refractivity contribution is 6.17. The van der Waals surface area contributed by atoms with Gasteiger partial charge in [0.2, 0.25) is 0 Å². The molecule has 3 heteroatoms. The van der Waals surface area contributed by atoms with Gasteiger partial charge in [-0.15, -0.1) is 11.6 Å². The second-order valence-corrected chi connectivity index (χ2v) is 4.85. The van der Waals surface area contributed by atoms with Crippen molar-refractivity contribution >= 4 is 11.6 Å². The highest BCUT2D eigenvalue weighted by atomic mass is 35.5. The van der Waals surface area contributed by atoms with E-state index in [1.165, 1.54) is 25.7 Å². The van der Waals surface area contributed by atoms with Crippen LogP contribution < -0.4 is 9.47 Å². The molecule has 2 nitrogen and oxygen atoms in total. The van der Waals surface area contributed by atoms with Crippen molar-refractivity contribution in [1.82, 2.24) is 0 Å². The third-order valence-electron chi connectivity index (χ3n) is 3.33. The highest BCUT2D eigenvalue weighted by Gasteiger charge is 2.16. The van der Waals surface area contributed by atoms with Crippen molar-refractivity contribution in [1.29, 1.82) is 0 Å². The monoisotopic (exact) mass is 254 g/mol. The zero-order valence-corrected chi connectivity index (χ0v) is 11.0. The molecule has 1 fully saturated rings. The lowest BCUT2D eigenvalue weighted by atomic mass is 10.1. The number of hydrogen-bond donors (Lipinski definition) is 0. The van der Waals surface area contributed by atoms with E-state index in [-0.39, 0.29) is 0 Å². The molecule has 1 aliphatic rings. The summed E-state index contributed by atoms with van der Waals surface area (Å²) < 4.78 is 11.2. The minimum atomic E-state index is 0.499. The van der Waals surface area contributed by atoms with Crippen LogP contribution in [0.15, 0.2) is 18.2 Å². The molecule has 17 heavy (non-hydrogen) atoms. The van der Waals surface area contributed by atoms with Gasteiger partial charge in [-0.3, -0.25) is 0 Å². The first-order valence-electron chi connectivity index (χ1n) is 6.19. The molecule has 0 aliphatic heterocycles. The van der Waals surface area contributed by atoms with Gasteiger partial charge >= 0.3 is 0 Å². The van der Waals surface area contributed by atoms with Crippen LogP contribution in [-0.4, -0.2) is 13.7 Å². The fourth-order valence-electron chi connectivity index (χ4n) is 2.30. The lowest BCUT2D eigenvalue weighted by molar-refractivity contribution is 0.240. The summed E-state index contributed by atoms with van der Waals surface area (Å²) >= 11 is 5.79. The molecular formula is C14H19ClO2. The van der Waals surface area contributed by atoms with Crippen molar-refractivity contribution in [3.05, 3.63) is 23.8 Å². The predicted molar refractivity (Wildman–Crippen MR) is 70.0 cm³/mol. The van der Waals surface area contributed by atoms with E-state index in [1.54, 1.807) is 7.11 Å². The van der Waals surface area contributed by atoms with E-state index >= 15 is 0 Å². The number of benzene rings is 1. The smallest absolute Gasteiger partial charge is 0.161 e. The molecule has 0 atom stereocenters. The molecule has 2 rings (SSSR count). The molecule has 94 valence electrons. The van der Waals surface area contributed by atoms with Crippen molar-refractivity contribution in [3.8, 4) is 11.5 Å². The Balaban J connectivity index is 1.98. The fourth-order valence-corrected chi connectivity index (χ4v) is 2.47. The van der Waals surface area contributed by atoms with E-state index in [2.05, 4.69) is 0 Å². The van der Waals surface area contributed by atoms with E-state index in [4.69, 9.17) is 21.1 Å². The van der Waals surface area contributed by atoms with Crippen LogP contribution in [0, 0.1) is 5.92 Å². The van der Waals surface area contributed by atoms with Crippen LogP contribution in [0.4, 0.5) is 0 Å². The first-order chi connectivity index (χ1) is 8.33. The summed E-state index contributed by atoms with van der Waals surface area (Å²) in [5, 5.41) is 0. The average Bonchev–Trinajstić information content (AvgIpc) is 2.89. The van der Waals surface area contributed by atoms with Crippen LogP contribution in [-0.2, 0) is 5.88 Å². The van der Waals surface area contributed by atoms with Crippen molar-refractivity contribution < 1.29 is 9.47 Å². The summed E-state index contributed by atoms with van der Waals surface area (Å²) in [5.74, 6) is 2.82. The van der Waals surface area contributed by atoms with Crippen LogP contribution in [0.25, 0.3) is 0 Å². The number of ether oxygens (including phenoxy) is 2. The quantitative estimate of drug-likeness (QED) is 0.740. The minimum Gasteiger partial charge on any atom is -0.493 e. The standard InChI is InChI=1S/C14H19ClO2/c1-16-14-8-12(9-15)6-7-13(14)17-10-11-4-2-3-5-11/h6-8,11H,2-5,9-10H2,1H3. The summed E-state index contributed by atoms with van der Waals surface area (Å²) in [6.45, 7) is 0.802. The van der Waals surface area contributed by atoms with Crippen molar-refractivity contribution in [3.63, 3.8) is 0 Å². The predicted octanol–water partition coefficient (Wildman–Crippen LogP) is 4.00. The summed E-state index contributed by atoms with van der Waals surface area (Å²) in [7, 11) is 1.66. The van der Waals surface area contributed by atoms with Gasteiger partial charge in [-0.25, -0.2) is 0 Å². The maximum atomic E-state index is 5.84. The van der Waals surface area contributed by atoms with Gasteiger partial charge < -0.3 is 9.47 Å². The normalized spacial score (nSPS) is 16.1. The molecule has 0 unspecified atom stereocenters. The second-order valence-electron chi connectivity index (χ2n) is 4.58. The maximum Gasteiger partial charge on any atom is 0.161 e. The molecule has 0 N–H and O–H groups in total. The zero-order valence-electron chi connectivity index (χ0n) is 10.2. The Hall–Kier alpha value is -0.890. The molecule has 0 amide bonds. The number of hydrogen-bond acceptors (Lipinski definition) is 2. The molecule has 0 aromatic heterocycles. The third kappa shape index (κ3) is 3.29. The van der Waals surface area contributed by atoms with Gasteiger partial charge in [0.15, 0.2) is 11.5 Å². The minimum absolute atomic E-state index is 0.499. The Morgan fingerprint density at radius 1 is 1.24 bits per heavy atom. The van der Waals surface area contributed by atoms with Gasteiger partial charge in [0.1, 0.15) is 0 Å². The number of halogens is 1. The fraction of sp³-hybridized carbons (Fsp3) is 0.571. The summed E-state index contributed by atoms with van der Waals surface area (Å²) in [5.41, 5.74) is 1.05. The molecule has 0 bridgehead atoms. The summed E-state index contributed by atoms with van der Waals surface area (Å²) in [6.07, 6.45) is 5.27. The molecule has 1 saturated carbocycles. The van der Waals surface area contributed by atoms with Crippen molar-refractivity contribution in [2.75, 3.05) is 13.7 Å². The topological polar surface area (TPSA) is 18.5 Å². The summed E-state index contributed by atoms with van der Waals surface area (Å²) in [4.78, 5) is 0. The molecule has 1 aliphatic carbocycles. The zero-order chi connectivity index (χ0) is 12.1. The lowest BCUT2D eigenvalue weighted by Gasteiger charge is -2.14. The second kappa shape index (κ2) is 6.15. The van der Waals surface area contributed by atoms with Gasteiger partial charge in [-0.1, -0.05) is 18.9 Å². The van der Waals surface area contributed by atoms with E-state index in [9.17, 15) is 0 Å². The number of rotatable bonds is 5. The molecule has 0 radical (unpaired) electrons.